The highest BCUT2D eigenvalue weighted by Crippen LogP contribution is 2.44. The number of hydrogen-bond donors (Lipinski definition) is 1. The molecule has 1 aliphatic rings. The number of aromatic hydroxyl groups is 1. The maximum Gasteiger partial charge on any atom is 0.133 e. The van der Waals surface area contributed by atoms with Gasteiger partial charge >= 0.3 is 0 Å². The Labute approximate surface area is 118 Å². The van der Waals surface area contributed by atoms with Gasteiger partial charge in [-0.15, -0.1) is 0 Å². The van der Waals surface area contributed by atoms with E-state index >= 15 is 0 Å². The Bertz CT molecular complexity index is 563. The lowest BCUT2D eigenvalue weighted by Gasteiger charge is -2.16. The summed E-state index contributed by atoms with van der Waals surface area (Å²) in [5, 5.41) is 10.1. The molecule has 3 heteroatoms. The van der Waals surface area contributed by atoms with E-state index < -0.39 is 0 Å². The van der Waals surface area contributed by atoms with Crippen molar-refractivity contribution in [2.75, 3.05) is 0 Å². The van der Waals surface area contributed by atoms with Crippen molar-refractivity contribution in [3.8, 4) is 5.75 Å². The second-order valence-corrected chi connectivity index (χ2v) is 5.65. The van der Waals surface area contributed by atoms with Gasteiger partial charge in [0.15, 0.2) is 0 Å². The molecule has 1 fully saturated rings. The predicted molar refractivity (Wildman–Crippen MR) is 76.5 cm³/mol. The summed E-state index contributed by atoms with van der Waals surface area (Å²) in [5.41, 5.74) is 2.32. The molecule has 98 valence electrons. The van der Waals surface area contributed by atoms with Gasteiger partial charge in [-0.1, -0.05) is 23.7 Å². The first kappa shape index (κ1) is 12.5. The Kier molecular flexibility index (Phi) is 3.43. The van der Waals surface area contributed by atoms with Crippen molar-refractivity contribution in [3.63, 3.8) is 0 Å². The van der Waals surface area contributed by atoms with Crippen LogP contribution < -0.4 is 0 Å². The normalized spacial score (nSPS) is 16.3. The SMILES string of the molecule is Oc1ccc(CC(c2cccc(Cl)c2)C2CC2)nc1. The number of halogens is 1. The zero-order chi connectivity index (χ0) is 13.2. The maximum atomic E-state index is 9.29. The Morgan fingerprint density at radius 3 is 2.74 bits per heavy atom. The monoisotopic (exact) mass is 273 g/mol. The van der Waals surface area contributed by atoms with Crippen LogP contribution in [0, 0.1) is 5.92 Å². The molecule has 1 aromatic carbocycles. The van der Waals surface area contributed by atoms with Crippen molar-refractivity contribution in [1.29, 1.82) is 0 Å². The highest BCUT2D eigenvalue weighted by molar-refractivity contribution is 6.30. The van der Waals surface area contributed by atoms with Crippen LogP contribution in [0.4, 0.5) is 0 Å². The first-order valence-electron chi connectivity index (χ1n) is 6.62. The second kappa shape index (κ2) is 5.22. The molecule has 2 aromatic rings. The van der Waals surface area contributed by atoms with Crippen LogP contribution in [0.15, 0.2) is 42.6 Å². The van der Waals surface area contributed by atoms with E-state index in [1.807, 2.05) is 18.2 Å². The number of hydrogen-bond acceptors (Lipinski definition) is 2. The van der Waals surface area contributed by atoms with Crippen LogP contribution in [-0.2, 0) is 6.42 Å². The van der Waals surface area contributed by atoms with Crippen molar-refractivity contribution < 1.29 is 5.11 Å². The minimum Gasteiger partial charge on any atom is -0.506 e. The molecular formula is C16H16ClNO. The fourth-order valence-corrected chi connectivity index (χ4v) is 2.75. The average molecular weight is 274 g/mol. The fourth-order valence-electron chi connectivity index (χ4n) is 2.56. The number of pyridine rings is 1. The third kappa shape index (κ3) is 3.07. The zero-order valence-corrected chi connectivity index (χ0v) is 11.3. The van der Waals surface area contributed by atoms with E-state index in [0.717, 1.165) is 23.1 Å². The van der Waals surface area contributed by atoms with Crippen molar-refractivity contribution in [2.45, 2.75) is 25.2 Å². The van der Waals surface area contributed by atoms with Crippen LogP contribution in [0.1, 0.15) is 30.0 Å². The van der Waals surface area contributed by atoms with Gasteiger partial charge in [0.2, 0.25) is 0 Å². The van der Waals surface area contributed by atoms with Crippen molar-refractivity contribution in [2.24, 2.45) is 5.92 Å². The van der Waals surface area contributed by atoms with E-state index in [2.05, 4.69) is 17.1 Å². The molecule has 0 radical (unpaired) electrons. The summed E-state index contributed by atoms with van der Waals surface area (Å²) in [6.07, 6.45) is 4.99. The molecule has 0 saturated heterocycles. The second-order valence-electron chi connectivity index (χ2n) is 5.21. The molecule has 0 bridgehead atoms. The molecular weight excluding hydrogens is 258 g/mol. The summed E-state index contributed by atoms with van der Waals surface area (Å²) < 4.78 is 0. The summed E-state index contributed by atoms with van der Waals surface area (Å²) in [5.74, 6) is 1.44. The Balaban J connectivity index is 1.83. The first-order valence-corrected chi connectivity index (χ1v) is 6.99. The number of aromatic nitrogens is 1. The molecule has 1 heterocycles. The molecule has 1 saturated carbocycles. The molecule has 2 nitrogen and oxygen atoms in total. The summed E-state index contributed by atoms with van der Waals surface area (Å²) in [7, 11) is 0. The highest BCUT2D eigenvalue weighted by atomic mass is 35.5. The zero-order valence-electron chi connectivity index (χ0n) is 10.6. The lowest BCUT2D eigenvalue weighted by molar-refractivity contribution is 0.471. The Morgan fingerprint density at radius 2 is 2.11 bits per heavy atom. The van der Waals surface area contributed by atoms with E-state index in [4.69, 9.17) is 11.6 Å². The van der Waals surface area contributed by atoms with E-state index in [-0.39, 0.29) is 5.75 Å². The standard InChI is InChI=1S/C16H16ClNO/c17-13-3-1-2-12(8-13)16(11-4-5-11)9-14-6-7-15(19)10-18-14/h1-3,6-8,10-11,16,19H,4-5,9H2. The van der Waals surface area contributed by atoms with Crippen molar-refractivity contribution in [3.05, 3.63) is 58.9 Å². The van der Waals surface area contributed by atoms with Crippen LogP contribution in [0.25, 0.3) is 0 Å². The molecule has 0 aliphatic heterocycles. The molecule has 1 unspecified atom stereocenters. The third-order valence-corrected chi connectivity index (χ3v) is 3.94. The van der Waals surface area contributed by atoms with Crippen LogP contribution in [0.3, 0.4) is 0 Å². The number of benzene rings is 1. The summed E-state index contributed by atoms with van der Waals surface area (Å²) in [6, 6.07) is 11.7. The molecule has 0 amide bonds. The number of nitrogens with zero attached hydrogens (tertiary/aromatic N) is 1. The van der Waals surface area contributed by atoms with Crippen LogP contribution in [-0.4, -0.2) is 10.1 Å². The van der Waals surface area contributed by atoms with E-state index in [0.29, 0.717) is 5.92 Å². The van der Waals surface area contributed by atoms with E-state index in [1.165, 1.54) is 24.6 Å². The molecule has 1 aromatic heterocycles. The van der Waals surface area contributed by atoms with Crippen molar-refractivity contribution >= 4 is 11.6 Å². The minimum absolute atomic E-state index is 0.217. The maximum absolute atomic E-state index is 9.29. The first-order chi connectivity index (χ1) is 9.22. The van der Waals surface area contributed by atoms with E-state index in [1.54, 1.807) is 6.07 Å². The van der Waals surface area contributed by atoms with Crippen molar-refractivity contribution in [1.82, 2.24) is 4.98 Å². The van der Waals surface area contributed by atoms with Gasteiger partial charge in [0.05, 0.1) is 6.20 Å². The van der Waals surface area contributed by atoms with Gasteiger partial charge in [0, 0.05) is 10.7 Å². The van der Waals surface area contributed by atoms with Gasteiger partial charge in [0.1, 0.15) is 5.75 Å². The summed E-state index contributed by atoms with van der Waals surface area (Å²) in [6.45, 7) is 0. The molecule has 0 spiro atoms. The quantitative estimate of drug-likeness (QED) is 0.907. The van der Waals surface area contributed by atoms with Crippen LogP contribution in [0.2, 0.25) is 5.02 Å². The molecule has 19 heavy (non-hydrogen) atoms. The van der Waals surface area contributed by atoms with Gasteiger partial charge in [-0.3, -0.25) is 4.98 Å². The fraction of sp³-hybridized carbons (Fsp3) is 0.312. The van der Waals surface area contributed by atoms with Gasteiger partial charge < -0.3 is 5.11 Å². The smallest absolute Gasteiger partial charge is 0.133 e. The van der Waals surface area contributed by atoms with Gasteiger partial charge in [-0.05, 0) is 60.9 Å². The van der Waals surface area contributed by atoms with E-state index in [9.17, 15) is 5.11 Å². The third-order valence-electron chi connectivity index (χ3n) is 3.71. The predicted octanol–water partition coefficient (Wildman–Crippen LogP) is 4.18. The van der Waals surface area contributed by atoms with Gasteiger partial charge in [0.25, 0.3) is 0 Å². The van der Waals surface area contributed by atoms with Gasteiger partial charge in [-0.2, -0.15) is 0 Å². The molecule has 3 rings (SSSR count). The number of rotatable bonds is 4. The lowest BCUT2D eigenvalue weighted by atomic mass is 9.89. The Morgan fingerprint density at radius 1 is 1.26 bits per heavy atom. The van der Waals surface area contributed by atoms with Gasteiger partial charge in [-0.25, -0.2) is 0 Å². The van der Waals surface area contributed by atoms with Crippen LogP contribution in [0.5, 0.6) is 5.75 Å². The molecule has 1 aliphatic carbocycles. The Hall–Kier alpha value is -1.54. The summed E-state index contributed by atoms with van der Waals surface area (Å²) >= 11 is 6.09. The summed E-state index contributed by atoms with van der Waals surface area (Å²) in [4.78, 5) is 4.29. The molecule has 1 N–H and O–H groups in total. The topological polar surface area (TPSA) is 33.1 Å². The minimum atomic E-state index is 0.217. The average Bonchev–Trinajstić information content (AvgIpc) is 3.22. The molecule has 1 atom stereocenters. The van der Waals surface area contributed by atoms with Crippen LogP contribution >= 0.6 is 11.6 Å². The lowest BCUT2D eigenvalue weighted by Crippen LogP contribution is -2.06. The highest BCUT2D eigenvalue weighted by Gasteiger charge is 2.32. The largest absolute Gasteiger partial charge is 0.506 e.